The Kier molecular flexibility index (Phi) is 4.28. The molecule has 0 aromatic heterocycles. The molecule has 1 fully saturated rings. The van der Waals surface area contributed by atoms with Crippen LogP contribution in [0.25, 0.3) is 0 Å². The second-order valence-electron chi connectivity index (χ2n) is 5.63. The van der Waals surface area contributed by atoms with Crippen molar-refractivity contribution >= 4 is 17.5 Å². The predicted molar refractivity (Wildman–Crippen MR) is 68.7 cm³/mol. The molecule has 1 amide bonds. The van der Waals surface area contributed by atoms with Crippen molar-refractivity contribution in [1.82, 2.24) is 5.32 Å². The largest absolute Gasteiger partial charge is 0.349 e. The molecule has 1 aliphatic rings. The van der Waals surface area contributed by atoms with E-state index in [0.29, 0.717) is 0 Å². The van der Waals surface area contributed by atoms with Crippen molar-refractivity contribution in [3.05, 3.63) is 0 Å². The van der Waals surface area contributed by atoms with Gasteiger partial charge in [0.15, 0.2) is 0 Å². The first-order valence-corrected chi connectivity index (χ1v) is 6.74. The van der Waals surface area contributed by atoms with Gasteiger partial charge in [-0.2, -0.15) is 0 Å². The van der Waals surface area contributed by atoms with E-state index in [1.54, 1.807) is 0 Å². The second-order valence-corrected chi connectivity index (χ2v) is 6.29. The van der Waals surface area contributed by atoms with Crippen LogP contribution in [0.4, 0.5) is 0 Å². The van der Waals surface area contributed by atoms with Gasteiger partial charge in [0, 0.05) is 5.41 Å². The van der Waals surface area contributed by atoms with Gasteiger partial charge < -0.3 is 5.32 Å². The highest BCUT2D eigenvalue weighted by atomic mass is 35.5. The molecule has 0 spiro atoms. The summed E-state index contributed by atoms with van der Waals surface area (Å²) in [4.78, 5) is 12.3. The number of nitrogens with one attached hydrogen (secondary N) is 1. The van der Waals surface area contributed by atoms with E-state index in [2.05, 4.69) is 12.2 Å². The molecule has 1 rings (SSSR count). The van der Waals surface area contributed by atoms with Crippen LogP contribution in [0.1, 0.15) is 59.8 Å². The zero-order chi connectivity index (χ0) is 12.4. The van der Waals surface area contributed by atoms with Crippen LogP contribution in [0, 0.1) is 5.41 Å². The van der Waals surface area contributed by atoms with Crippen molar-refractivity contribution in [1.29, 1.82) is 0 Å². The first-order valence-electron chi connectivity index (χ1n) is 6.31. The number of rotatable bonds is 4. The number of amides is 1. The molecule has 1 N–H and O–H groups in total. The first kappa shape index (κ1) is 13.8. The molecular formula is C13H24ClNO. The van der Waals surface area contributed by atoms with Crippen LogP contribution in [0.15, 0.2) is 0 Å². The number of hydrogen-bond donors (Lipinski definition) is 1. The first-order chi connectivity index (χ1) is 7.34. The van der Waals surface area contributed by atoms with Gasteiger partial charge in [-0.15, -0.1) is 11.6 Å². The molecule has 0 bridgehead atoms. The van der Waals surface area contributed by atoms with Gasteiger partial charge in [0.25, 0.3) is 0 Å². The van der Waals surface area contributed by atoms with Crippen LogP contribution in [-0.4, -0.2) is 16.8 Å². The molecule has 1 aliphatic carbocycles. The summed E-state index contributed by atoms with van der Waals surface area (Å²) in [5, 5.41) is 3.06. The van der Waals surface area contributed by atoms with Crippen molar-refractivity contribution < 1.29 is 4.79 Å². The average Bonchev–Trinajstić information content (AvgIpc) is 2.66. The lowest BCUT2D eigenvalue weighted by Gasteiger charge is -2.35. The lowest BCUT2D eigenvalue weighted by atomic mass is 9.81. The van der Waals surface area contributed by atoms with Crippen LogP contribution in [0.2, 0.25) is 0 Å². The van der Waals surface area contributed by atoms with Crippen molar-refractivity contribution in [3.63, 3.8) is 0 Å². The zero-order valence-electron chi connectivity index (χ0n) is 10.9. The number of carbonyl (C=O) groups is 1. The fourth-order valence-electron chi connectivity index (χ4n) is 2.32. The van der Waals surface area contributed by atoms with E-state index in [4.69, 9.17) is 11.6 Å². The van der Waals surface area contributed by atoms with E-state index in [0.717, 1.165) is 19.3 Å². The van der Waals surface area contributed by atoms with Crippen LogP contribution in [0.3, 0.4) is 0 Å². The van der Waals surface area contributed by atoms with Gasteiger partial charge in [-0.1, -0.05) is 19.8 Å². The van der Waals surface area contributed by atoms with Crippen LogP contribution in [0.5, 0.6) is 0 Å². The summed E-state index contributed by atoms with van der Waals surface area (Å²) >= 11 is 6.09. The summed E-state index contributed by atoms with van der Waals surface area (Å²) in [5.41, 5.74) is -0.452. The molecule has 1 unspecified atom stereocenters. The van der Waals surface area contributed by atoms with Gasteiger partial charge in [0.2, 0.25) is 5.91 Å². The minimum absolute atomic E-state index is 0.0632. The number of hydrogen-bond acceptors (Lipinski definition) is 1. The van der Waals surface area contributed by atoms with E-state index in [-0.39, 0.29) is 22.2 Å². The van der Waals surface area contributed by atoms with Gasteiger partial charge in [-0.3, -0.25) is 4.79 Å². The SMILES string of the molecule is CCC1(C(=O)NC(C)(C)C(C)Cl)CCCC1. The Labute approximate surface area is 104 Å². The van der Waals surface area contributed by atoms with Crippen molar-refractivity contribution in [2.24, 2.45) is 5.41 Å². The number of halogens is 1. The molecule has 2 nitrogen and oxygen atoms in total. The maximum atomic E-state index is 12.3. The fourth-order valence-corrected chi connectivity index (χ4v) is 2.37. The molecule has 16 heavy (non-hydrogen) atoms. The molecular weight excluding hydrogens is 222 g/mol. The summed E-state index contributed by atoms with van der Waals surface area (Å²) in [5.74, 6) is 0.199. The predicted octanol–water partition coefficient (Wildman–Crippen LogP) is 3.48. The van der Waals surface area contributed by atoms with Gasteiger partial charge in [0.1, 0.15) is 0 Å². The van der Waals surface area contributed by atoms with Crippen molar-refractivity contribution in [2.45, 2.75) is 70.7 Å². The fraction of sp³-hybridized carbons (Fsp3) is 0.923. The Morgan fingerprint density at radius 2 is 1.94 bits per heavy atom. The molecule has 0 saturated heterocycles. The monoisotopic (exact) mass is 245 g/mol. The Hall–Kier alpha value is -0.240. The van der Waals surface area contributed by atoms with Crippen LogP contribution < -0.4 is 5.32 Å². The molecule has 3 heteroatoms. The summed E-state index contributed by atoms with van der Waals surface area (Å²) in [6, 6.07) is 0. The summed E-state index contributed by atoms with van der Waals surface area (Å²) < 4.78 is 0. The highest BCUT2D eigenvalue weighted by Gasteiger charge is 2.41. The molecule has 94 valence electrons. The molecule has 1 saturated carbocycles. The number of alkyl halides is 1. The molecule has 0 aromatic carbocycles. The molecule has 0 aliphatic heterocycles. The summed E-state index contributed by atoms with van der Waals surface area (Å²) in [7, 11) is 0. The third-order valence-corrected chi connectivity index (χ3v) is 4.69. The zero-order valence-corrected chi connectivity index (χ0v) is 11.7. The van der Waals surface area contributed by atoms with Gasteiger partial charge >= 0.3 is 0 Å². The van der Waals surface area contributed by atoms with E-state index < -0.39 is 0 Å². The molecule has 0 heterocycles. The second kappa shape index (κ2) is 4.95. The maximum Gasteiger partial charge on any atom is 0.226 e. The Morgan fingerprint density at radius 3 is 2.31 bits per heavy atom. The molecule has 0 radical (unpaired) electrons. The molecule has 1 atom stereocenters. The Bertz CT molecular complexity index is 255. The van der Waals surface area contributed by atoms with E-state index in [1.165, 1.54) is 12.8 Å². The van der Waals surface area contributed by atoms with Crippen LogP contribution in [-0.2, 0) is 4.79 Å². The lowest BCUT2D eigenvalue weighted by Crippen LogP contribution is -2.53. The Morgan fingerprint density at radius 1 is 1.44 bits per heavy atom. The maximum absolute atomic E-state index is 12.3. The van der Waals surface area contributed by atoms with E-state index in [9.17, 15) is 4.79 Å². The van der Waals surface area contributed by atoms with Crippen molar-refractivity contribution in [3.8, 4) is 0 Å². The standard InChI is InChI=1S/C13H24ClNO/c1-5-13(8-6-7-9-13)11(16)15-12(3,4)10(2)14/h10H,5-9H2,1-4H3,(H,15,16). The van der Waals surface area contributed by atoms with E-state index >= 15 is 0 Å². The third-order valence-electron chi connectivity index (χ3n) is 4.15. The third kappa shape index (κ3) is 2.71. The van der Waals surface area contributed by atoms with Gasteiger partial charge in [-0.25, -0.2) is 0 Å². The van der Waals surface area contributed by atoms with Crippen molar-refractivity contribution in [2.75, 3.05) is 0 Å². The van der Waals surface area contributed by atoms with Gasteiger partial charge in [0.05, 0.1) is 10.9 Å². The minimum Gasteiger partial charge on any atom is -0.349 e. The summed E-state index contributed by atoms with van der Waals surface area (Å²) in [6.45, 7) is 8.01. The smallest absolute Gasteiger partial charge is 0.226 e. The Balaban J connectivity index is 2.70. The number of carbonyl (C=O) groups excluding carboxylic acids is 1. The van der Waals surface area contributed by atoms with Gasteiger partial charge in [-0.05, 0) is 40.0 Å². The molecule has 0 aromatic rings. The highest BCUT2D eigenvalue weighted by molar-refractivity contribution is 6.21. The topological polar surface area (TPSA) is 29.1 Å². The van der Waals surface area contributed by atoms with Crippen LogP contribution >= 0.6 is 11.6 Å². The summed E-state index contributed by atoms with van der Waals surface area (Å²) in [6.07, 6.45) is 5.35. The van der Waals surface area contributed by atoms with E-state index in [1.807, 2.05) is 20.8 Å². The average molecular weight is 246 g/mol. The highest BCUT2D eigenvalue weighted by Crippen LogP contribution is 2.41. The minimum atomic E-state index is -0.330. The lowest BCUT2D eigenvalue weighted by molar-refractivity contribution is -0.132. The normalized spacial score (nSPS) is 21.8. The quantitative estimate of drug-likeness (QED) is 0.755.